The van der Waals surface area contributed by atoms with Crippen LogP contribution < -0.4 is 9.47 Å². The van der Waals surface area contributed by atoms with Crippen molar-refractivity contribution >= 4 is 5.97 Å². The third kappa shape index (κ3) is 4.25. The van der Waals surface area contributed by atoms with Crippen LogP contribution in [0.1, 0.15) is 16.7 Å². The molecule has 0 saturated carbocycles. The predicted molar refractivity (Wildman–Crippen MR) is 84.7 cm³/mol. The van der Waals surface area contributed by atoms with E-state index in [1.807, 2.05) is 26.0 Å². The first-order valence-electron chi connectivity index (χ1n) is 7.08. The van der Waals surface area contributed by atoms with E-state index in [0.29, 0.717) is 17.9 Å². The molecule has 116 valence electrons. The highest BCUT2D eigenvalue weighted by Gasteiger charge is 2.20. The van der Waals surface area contributed by atoms with Crippen LogP contribution >= 0.6 is 0 Å². The summed E-state index contributed by atoms with van der Waals surface area (Å²) < 4.78 is 10.7. The zero-order valence-corrected chi connectivity index (χ0v) is 13.0. The molecule has 0 fully saturated rings. The molecule has 1 N–H and O–H groups in total. The topological polar surface area (TPSA) is 55.8 Å². The fraction of sp³-hybridized carbons (Fsp3) is 0.278. The van der Waals surface area contributed by atoms with Crippen molar-refractivity contribution in [1.29, 1.82) is 0 Å². The Kier molecular flexibility index (Phi) is 5.04. The molecule has 0 saturated heterocycles. The van der Waals surface area contributed by atoms with Crippen LogP contribution in [0.3, 0.4) is 0 Å². The Morgan fingerprint density at radius 2 is 1.59 bits per heavy atom. The van der Waals surface area contributed by atoms with Crippen LogP contribution in [0.2, 0.25) is 0 Å². The van der Waals surface area contributed by atoms with Crippen LogP contribution in [0.5, 0.6) is 11.5 Å². The van der Waals surface area contributed by atoms with Crippen LogP contribution in [0, 0.1) is 13.8 Å². The van der Waals surface area contributed by atoms with Gasteiger partial charge in [0.25, 0.3) is 0 Å². The summed E-state index contributed by atoms with van der Waals surface area (Å²) in [6, 6.07) is 12.9. The summed E-state index contributed by atoms with van der Waals surface area (Å²) in [6.07, 6.45) is -0.598. The Morgan fingerprint density at radius 1 is 1.05 bits per heavy atom. The molecule has 4 nitrogen and oxygen atoms in total. The first-order valence-corrected chi connectivity index (χ1v) is 7.08. The number of methoxy groups -OCH3 is 1. The number of hydrogen-bond acceptors (Lipinski definition) is 3. The Morgan fingerprint density at radius 3 is 2.09 bits per heavy atom. The fourth-order valence-corrected chi connectivity index (χ4v) is 2.40. The number of benzene rings is 2. The van der Waals surface area contributed by atoms with Gasteiger partial charge < -0.3 is 14.6 Å². The lowest BCUT2D eigenvalue weighted by molar-refractivity contribution is -0.145. The molecule has 0 aliphatic heterocycles. The molecule has 2 rings (SSSR count). The third-order valence-corrected chi connectivity index (χ3v) is 3.32. The van der Waals surface area contributed by atoms with Gasteiger partial charge in [-0.05, 0) is 43.7 Å². The van der Waals surface area contributed by atoms with E-state index in [4.69, 9.17) is 9.47 Å². The van der Waals surface area contributed by atoms with Gasteiger partial charge in [-0.3, -0.25) is 0 Å². The van der Waals surface area contributed by atoms with Gasteiger partial charge in [0, 0.05) is 6.42 Å². The quantitative estimate of drug-likeness (QED) is 0.888. The molecular formula is C18H20O4. The molecule has 0 unspecified atom stereocenters. The third-order valence-electron chi connectivity index (χ3n) is 3.32. The number of hydrogen-bond donors (Lipinski definition) is 1. The van der Waals surface area contributed by atoms with Crippen molar-refractivity contribution in [2.45, 2.75) is 26.4 Å². The first-order chi connectivity index (χ1) is 10.5. The molecule has 2 aromatic carbocycles. The van der Waals surface area contributed by atoms with Crippen molar-refractivity contribution < 1.29 is 19.4 Å². The van der Waals surface area contributed by atoms with Crippen LogP contribution in [0.4, 0.5) is 0 Å². The van der Waals surface area contributed by atoms with Gasteiger partial charge in [-0.2, -0.15) is 0 Å². The highest BCUT2D eigenvalue weighted by molar-refractivity contribution is 5.73. The zero-order chi connectivity index (χ0) is 16.1. The van der Waals surface area contributed by atoms with Crippen molar-refractivity contribution in [2.24, 2.45) is 0 Å². The molecule has 0 aliphatic carbocycles. The number of rotatable bonds is 6. The lowest BCUT2D eigenvalue weighted by atomic mass is 10.0. The summed E-state index contributed by atoms with van der Waals surface area (Å²) >= 11 is 0. The summed E-state index contributed by atoms with van der Waals surface area (Å²) in [5.74, 6) is 0.237. The average Bonchev–Trinajstić information content (AvgIpc) is 2.46. The van der Waals surface area contributed by atoms with Gasteiger partial charge in [-0.1, -0.05) is 29.3 Å². The lowest BCUT2D eigenvalue weighted by Gasteiger charge is -2.16. The Labute approximate surface area is 130 Å². The predicted octanol–water partition coefficient (Wildman–Crippen LogP) is 3.39. The van der Waals surface area contributed by atoms with E-state index in [0.717, 1.165) is 16.7 Å². The fourth-order valence-electron chi connectivity index (χ4n) is 2.40. The van der Waals surface area contributed by atoms with Crippen molar-refractivity contribution in [1.82, 2.24) is 0 Å². The Bertz CT molecular complexity index is 626. The number of ether oxygens (including phenoxy) is 2. The minimum Gasteiger partial charge on any atom is -0.497 e. The number of aliphatic carboxylic acids is 1. The summed E-state index contributed by atoms with van der Waals surface area (Å²) in [5.41, 5.74) is 3.19. The minimum atomic E-state index is -0.977. The summed E-state index contributed by atoms with van der Waals surface area (Å²) in [6.45, 7) is 3.99. The second-order valence-corrected chi connectivity index (χ2v) is 5.32. The molecule has 0 spiro atoms. The van der Waals surface area contributed by atoms with Gasteiger partial charge in [-0.15, -0.1) is 0 Å². The van der Waals surface area contributed by atoms with Gasteiger partial charge in [0.15, 0.2) is 6.10 Å². The van der Waals surface area contributed by atoms with Crippen LogP contribution in [0.15, 0.2) is 42.5 Å². The van der Waals surface area contributed by atoms with Crippen LogP contribution in [-0.2, 0) is 11.2 Å². The van der Waals surface area contributed by atoms with Crippen molar-refractivity contribution in [3.63, 3.8) is 0 Å². The van der Waals surface area contributed by atoms with Gasteiger partial charge in [0.2, 0.25) is 0 Å². The second-order valence-electron chi connectivity index (χ2n) is 5.32. The highest BCUT2D eigenvalue weighted by Crippen LogP contribution is 2.20. The molecule has 0 heterocycles. The van der Waals surface area contributed by atoms with Crippen molar-refractivity contribution in [3.05, 3.63) is 59.2 Å². The van der Waals surface area contributed by atoms with Gasteiger partial charge >= 0.3 is 5.97 Å². The molecule has 1 atom stereocenters. The summed E-state index contributed by atoms with van der Waals surface area (Å²) in [5, 5.41) is 9.39. The molecule has 0 aromatic heterocycles. The van der Waals surface area contributed by atoms with Crippen LogP contribution in [0.25, 0.3) is 0 Å². The van der Waals surface area contributed by atoms with E-state index in [1.54, 1.807) is 31.4 Å². The van der Waals surface area contributed by atoms with E-state index in [2.05, 4.69) is 6.07 Å². The number of carboxylic acids is 1. The molecule has 4 heteroatoms. The summed E-state index contributed by atoms with van der Waals surface area (Å²) in [7, 11) is 1.58. The molecule has 0 aliphatic rings. The average molecular weight is 300 g/mol. The molecule has 0 bridgehead atoms. The maximum atomic E-state index is 11.5. The Hall–Kier alpha value is -2.49. The van der Waals surface area contributed by atoms with E-state index >= 15 is 0 Å². The normalized spacial score (nSPS) is 11.8. The monoisotopic (exact) mass is 300 g/mol. The first kappa shape index (κ1) is 15.9. The number of carbonyl (C=O) groups is 1. The van der Waals surface area contributed by atoms with Gasteiger partial charge in [0.05, 0.1) is 7.11 Å². The maximum absolute atomic E-state index is 11.5. The zero-order valence-electron chi connectivity index (χ0n) is 13.0. The van der Waals surface area contributed by atoms with E-state index < -0.39 is 12.1 Å². The van der Waals surface area contributed by atoms with Crippen LogP contribution in [-0.4, -0.2) is 24.3 Å². The highest BCUT2D eigenvalue weighted by atomic mass is 16.5. The largest absolute Gasteiger partial charge is 0.497 e. The van der Waals surface area contributed by atoms with E-state index in [9.17, 15) is 9.90 Å². The van der Waals surface area contributed by atoms with E-state index in [1.165, 1.54) is 0 Å². The van der Waals surface area contributed by atoms with E-state index in [-0.39, 0.29) is 0 Å². The lowest BCUT2D eigenvalue weighted by Crippen LogP contribution is -2.29. The van der Waals surface area contributed by atoms with Crippen molar-refractivity contribution in [2.75, 3.05) is 7.11 Å². The van der Waals surface area contributed by atoms with Gasteiger partial charge in [-0.25, -0.2) is 4.79 Å². The molecule has 0 radical (unpaired) electrons. The molecule has 0 amide bonds. The molecular weight excluding hydrogens is 280 g/mol. The Balaban J connectivity index is 2.13. The number of aryl methyl sites for hydroxylation is 2. The molecule has 2 aromatic rings. The maximum Gasteiger partial charge on any atom is 0.345 e. The number of carboxylic acid groups (broad SMARTS) is 1. The van der Waals surface area contributed by atoms with Gasteiger partial charge in [0.1, 0.15) is 11.5 Å². The summed E-state index contributed by atoms with van der Waals surface area (Å²) in [4.78, 5) is 11.5. The second kappa shape index (κ2) is 6.98. The SMILES string of the molecule is COc1ccc(O[C@@H](Cc2cc(C)cc(C)c2)C(=O)O)cc1. The minimum absolute atomic E-state index is 0.323. The smallest absolute Gasteiger partial charge is 0.345 e. The van der Waals surface area contributed by atoms with Crippen molar-refractivity contribution in [3.8, 4) is 11.5 Å². The molecule has 22 heavy (non-hydrogen) atoms. The standard InChI is InChI=1S/C18H20O4/c1-12-8-13(2)10-14(9-12)11-17(18(19)20)22-16-6-4-15(21-3)5-7-16/h4-10,17H,11H2,1-3H3,(H,19,20)/t17-/m0/s1.